The highest BCUT2D eigenvalue weighted by Crippen LogP contribution is 2.23. The van der Waals surface area contributed by atoms with Crippen molar-refractivity contribution < 1.29 is 22.3 Å². The summed E-state index contributed by atoms with van der Waals surface area (Å²) in [6.07, 6.45) is 1.53. The highest BCUT2D eigenvalue weighted by atomic mass is 127. The van der Waals surface area contributed by atoms with E-state index in [0.717, 1.165) is 5.69 Å². The number of piperazine rings is 1. The maximum absolute atomic E-state index is 13.6. The molecular weight excluding hydrogens is 594 g/mol. The molecule has 180 valence electrons. The topological polar surface area (TPSA) is 91.8 Å². The number of amides is 1. The van der Waals surface area contributed by atoms with Crippen molar-refractivity contribution in [2.45, 2.75) is 9.32 Å². The normalized spacial score (nSPS) is 14.2. The van der Waals surface area contributed by atoms with Gasteiger partial charge in [0.15, 0.2) is 11.7 Å². The lowest BCUT2D eigenvalue weighted by atomic mass is 10.2. The van der Waals surface area contributed by atoms with Gasteiger partial charge < -0.3 is 14.5 Å². The number of sulfonamides is 1. The van der Waals surface area contributed by atoms with Gasteiger partial charge in [-0.2, -0.15) is 0 Å². The second-order valence-electron chi connectivity index (χ2n) is 7.48. The molecule has 0 radical (unpaired) electrons. The van der Waals surface area contributed by atoms with Crippen molar-refractivity contribution in [1.82, 2.24) is 9.88 Å². The molecule has 1 aliphatic rings. The molecule has 8 nitrogen and oxygen atoms in total. The number of carbonyl (C=O) groups excluding carboxylic acids is 1. The van der Waals surface area contributed by atoms with Gasteiger partial charge in [0.2, 0.25) is 0 Å². The summed E-state index contributed by atoms with van der Waals surface area (Å²) >= 11 is 3.29. The molecule has 3 aromatic rings. The number of nitrogens with one attached hydrogen (secondary N) is 1. The van der Waals surface area contributed by atoms with Crippen LogP contribution in [0.15, 0.2) is 58.9 Å². The predicted molar refractivity (Wildman–Crippen MR) is 138 cm³/mol. The second-order valence-corrected chi connectivity index (χ2v) is 10.8. The molecule has 1 aromatic heterocycles. The molecule has 2 heterocycles. The zero-order valence-corrected chi connectivity index (χ0v) is 21.8. The minimum absolute atomic E-state index is 0.106. The summed E-state index contributed by atoms with van der Waals surface area (Å²) in [5.41, 5.74) is 1.42. The number of hydrogen-bond donors (Lipinski definition) is 1. The Morgan fingerprint density at radius 3 is 2.53 bits per heavy atom. The number of alkyl halides is 1. The monoisotopic (exact) mass is 616 g/mol. The van der Waals surface area contributed by atoms with Crippen LogP contribution in [0.4, 0.5) is 15.2 Å². The molecule has 0 aliphatic carbocycles. The number of carbonyl (C=O) groups is 1. The Bertz CT molecular complexity index is 1230. The number of thiazole rings is 1. The van der Waals surface area contributed by atoms with Crippen molar-refractivity contribution in [1.29, 1.82) is 0 Å². The van der Waals surface area contributed by atoms with Crippen molar-refractivity contribution in [3.63, 3.8) is 0 Å². The molecule has 1 amide bonds. The van der Waals surface area contributed by atoms with Crippen LogP contribution in [0.5, 0.6) is 5.75 Å². The zero-order valence-electron chi connectivity index (χ0n) is 18.0. The molecule has 0 saturated carbocycles. The van der Waals surface area contributed by atoms with Gasteiger partial charge in [-0.1, -0.05) is 22.6 Å². The first kappa shape index (κ1) is 24.7. The number of aromatic nitrogens is 1. The lowest BCUT2D eigenvalue weighted by Gasteiger charge is -2.36. The Balaban J connectivity index is 1.29. The first-order valence-electron chi connectivity index (χ1n) is 10.4. The van der Waals surface area contributed by atoms with E-state index in [-0.39, 0.29) is 23.2 Å². The van der Waals surface area contributed by atoms with Gasteiger partial charge in [0, 0.05) is 53.4 Å². The van der Waals surface area contributed by atoms with Crippen LogP contribution in [0.2, 0.25) is 0 Å². The standard InChI is InChI=1S/C22H22FIN4O4S2/c23-20-6-3-18(13-16(20)14-24)32-15-21(29)28-10-8-27(9-11-28)17-1-4-19(5-2-17)34(30,31)26-22-25-7-12-33-22/h1-7,12-13H,8-11,14-15H2,(H,25,26). The smallest absolute Gasteiger partial charge is 0.263 e. The van der Waals surface area contributed by atoms with Crippen LogP contribution >= 0.6 is 33.9 Å². The molecule has 34 heavy (non-hydrogen) atoms. The molecule has 12 heteroatoms. The number of rotatable bonds is 8. The van der Waals surface area contributed by atoms with E-state index in [1.165, 1.54) is 29.7 Å². The van der Waals surface area contributed by atoms with Crippen LogP contribution < -0.4 is 14.4 Å². The second kappa shape index (κ2) is 10.9. The lowest BCUT2D eigenvalue weighted by molar-refractivity contribution is -0.133. The quantitative estimate of drug-likeness (QED) is 0.307. The third-order valence-corrected chi connectivity index (χ3v) is 8.32. The Kier molecular flexibility index (Phi) is 7.88. The van der Waals surface area contributed by atoms with Crippen LogP contribution in [0.3, 0.4) is 0 Å². The molecule has 1 saturated heterocycles. The van der Waals surface area contributed by atoms with E-state index in [0.29, 0.717) is 47.1 Å². The highest BCUT2D eigenvalue weighted by molar-refractivity contribution is 14.1. The Morgan fingerprint density at radius 1 is 1.15 bits per heavy atom. The molecule has 0 bridgehead atoms. The first-order chi connectivity index (χ1) is 16.4. The zero-order chi connectivity index (χ0) is 24.1. The van der Waals surface area contributed by atoms with Crippen molar-refractivity contribution in [2.24, 2.45) is 0 Å². The molecule has 0 unspecified atom stereocenters. The van der Waals surface area contributed by atoms with Crippen molar-refractivity contribution in [2.75, 3.05) is 42.4 Å². The van der Waals surface area contributed by atoms with Crippen molar-refractivity contribution in [3.05, 3.63) is 65.4 Å². The molecule has 0 spiro atoms. The van der Waals surface area contributed by atoms with Crippen LogP contribution in [-0.2, 0) is 19.2 Å². The van der Waals surface area contributed by atoms with E-state index in [4.69, 9.17) is 4.74 Å². The van der Waals surface area contributed by atoms with Gasteiger partial charge >= 0.3 is 0 Å². The largest absolute Gasteiger partial charge is 0.484 e. The summed E-state index contributed by atoms with van der Waals surface area (Å²) < 4.78 is 47.1. The number of nitrogens with zero attached hydrogens (tertiary/aromatic N) is 3. The van der Waals surface area contributed by atoms with E-state index < -0.39 is 10.0 Å². The number of ether oxygens (including phenoxy) is 1. The molecular formula is C22H22FIN4O4S2. The van der Waals surface area contributed by atoms with E-state index in [2.05, 4.69) is 37.2 Å². The highest BCUT2D eigenvalue weighted by Gasteiger charge is 2.22. The van der Waals surface area contributed by atoms with Gasteiger partial charge in [0.05, 0.1) is 4.90 Å². The maximum atomic E-state index is 13.6. The van der Waals surface area contributed by atoms with Gasteiger partial charge in [0.1, 0.15) is 11.6 Å². The maximum Gasteiger partial charge on any atom is 0.263 e. The minimum atomic E-state index is -3.70. The number of benzene rings is 2. The number of halogens is 2. The minimum Gasteiger partial charge on any atom is -0.484 e. The first-order valence-corrected chi connectivity index (χ1v) is 14.3. The van der Waals surface area contributed by atoms with Gasteiger partial charge in [0.25, 0.3) is 15.9 Å². The van der Waals surface area contributed by atoms with Gasteiger partial charge in [-0.15, -0.1) is 11.3 Å². The van der Waals surface area contributed by atoms with E-state index in [9.17, 15) is 17.6 Å². The summed E-state index contributed by atoms with van der Waals surface area (Å²) in [4.78, 5) is 20.5. The Morgan fingerprint density at radius 2 is 1.88 bits per heavy atom. The third kappa shape index (κ3) is 5.96. The summed E-state index contributed by atoms with van der Waals surface area (Å²) in [7, 11) is -3.70. The average Bonchev–Trinajstić information content (AvgIpc) is 3.36. The number of anilines is 2. The molecule has 0 atom stereocenters. The summed E-state index contributed by atoms with van der Waals surface area (Å²) in [6.45, 7) is 2.17. The van der Waals surface area contributed by atoms with Crippen LogP contribution in [0.1, 0.15) is 5.56 Å². The van der Waals surface area contributed by atoms with Crippen molar-refractivity contribution >= 4 is 60.7 Å². The van der Waals surface area contributed by atoms with Gasteiger partial charge in [-0.25, -0.2) is 17.8 Å². The predicted octanol–water partition coefficient (Wildman–Crippen LogP) is 3.75. The SMILES string of the molecule is O=C(COc1ccc(F)c(CI)c1)N1CCN(c2ccc(S(=O)(=O)Nc3nccs3)cc2)CC1. The van der Waals surface area contributed by atoms with E-state index in [1.807, 2.05) is 0 Å². The molecule has 4 rings (SSSR count). The summed E-state index contributed by atoms with van der Waals surface area (Å²) in [5, 5.41) is 2.01. The molecule has 1 fully saturated rings. The fraction of sp³-hybridized carbons (Fsp3) is 0.273. The van der Waals surface area contributed by atoms with Crippen molar-refractivity contribution in [3.8, 4) is 5.75 Å². The fourth-order valence-electron chi connectivity index (χ4n) is 3.48. The number of hydrogen-bond acceptors (Lipinski definition) is 7. The van der Waals surface area contributed by atoms with Crippen LogP contribution in [0.25, 0.3) is 0 Å². The molecule has 1 N–H and O–H groups in total. The average molecular weight is 616 g/mol. The summed E-state index contributed by atoms with van der Waals surface area (Å²) in [6, 6.07) is 11.1. The Hall–Kier alpha value is -2.45. The van der Waals surface area contributed by atoms with Gasteiger partial charge in [-0.05, 0) is 42.5 Å². The van der Waals surface area contributed by atoms with Crippen LogP contribution in [0, 0.1) is 5.82 Å². The molecule has 2 aromatic carbocycles. The van der Waals surface area contributed by atoms with Gasteiger partial charge in [-0.3, -0.25) is 9.52 Å². The fourth-order valence-corrected chi connectivity index (χ4v) is 5.85. The van der Waals surface area contributed by atoms with Crippen LogP contribution in [-0.4, -0.2) is 57.0 Å². The lowest BCUT2D eigenvalue weighted by Crippen LogP contribution is -2.50. The Labute approximate surface area is 214 Å². The third-order valence-electron chi connectivity index (χ3n) is 5.32. The summed E-state index contributed by atoms with van der Waals surface area (Å²) in [5.74, 6) is 0.0553. The van der Waals surface area contributed by atoms with E-state index in [1.54, 1.807) is 40.6 Å². The molecule has 1 aliphatic heterocycles. The van der Waals surface area contributed by atoms with E-state index >= 15 is 0 Å².